The van der Waals surface area contributed by atoms with Crippen molar-refractivity contribution in [3.05, 3.63) is 112 Å². The lowest BCUT2D eigenvalue weighted by Crippen LogP contribution is -2.60. The highest BCUT2D eigenvalue weighted by Crippen LogP contribution is 2.57. The lowest BCUT2D eigenvalue weighted by Gasteiger charge is -2.40. The topological polar surface area (TPSA) is 263 Å². The maximum Gasteiger partial charge on any atom is 0.340 e. The average molecular weight is 866 g/mol. The summed E-state index contributed by atoms with van der Waals surface area (Å²) < 4.78 is 105. The molecule has 1 spiro atoms. The Hall–Kier alpha value is -5.53. The smallest absolute Gasteiger partial charge is 0.340 e. The molecule has 61 heavy (non-hydrogen) atoms. The number of carbonyl (C=O) groups excluding carboxylic acids is 2. The van der Waals surface area contributed by atoms with Crippen molar-refractivity contribution in [2.45, 2.75) is 67.0 Å². The van der Waals surface area contributed by atoms with E-state index in [0.29, 0.717) is 0 Å². The summed E-state index contributed by atoms with van der Waals surface area (Å²) in [6.45, 7) is -1.50. The Morgan fingerprint density at radius 1 is 0.623 bits per heavy atom. The minimum atomic E-state index is -2.48. The molecule has 22 heteroatoms. The van der Waals surface area contributed by atoms with Crippen molar-refractivity contribution < 1.29 is 101 Å². The SMILES string of the molecule is O=C1OC2(c3ccc(OC4OC(CO)C(O)C(O)C4O)cc3Oc3cc(OC4OC(CO)C(O)C(O)C4O)ccc32)c2ccc(NC(=O)c3c(F)c(F)c(F)c(F)c3F)cc21. The van der Waals surface area contributed by atoms with Crippen LogP contribution in [0.4, 0.5) is 27.6 Å². The van der Waals surface area contributed by atoms with Crippen molar-refractivity contribution in [3.8, 4) is 23.0 Å². The highest BCUT2D eigenvalue weighted by atomic mass is 19.2. The van der Waals surface area contributed by atoms with Gasteiger partial charge in [0.2, 0.25) is 18.4 Å². The van der Waals surface area contributed by atoms with E-state index in [1.165, 1.54) is 42.5 Å². The number of fused-ring (bicyclic) bond motifs is 6. The third-order valence-electron chi connectivity index (χ3n) is 10.6. The van der Waals surface area contributed by atoms with E-state index in [1.807, 2.05) is 5.32 Å². The molecular formula is C39H32F5NO16. The van der Waals surface area contributed by atoms with E-state index in [2.05, 4.69) is 0 Å². The Kier molecular flexibility index (Phi) is 10.9. The number of hydrogen-bond acceptors (Lipinski definition) is 16. The predicted octanol–water partition coefficient (Wildman–Crippen LogP) is 0.560. The van der Waals surface area contributed by atoms with Crippen LogP contribution < -0.4 is 19.5 Å². The van der Waals surface area contributed by atoms with Gasteiger partial charge in [-0.25, -0.2) is 26.7 Å². The maximum atomic E-state index is 14.5. The summed E-state index contributed by atoms with van der Waals surface area (Å²) >= 11 is 0. The molecule has 10 atom stereocenters. The van der Waals surface area contributed by atoms with Crippen molar-refractivity contribution in [1.82, 2.24) is 0 Å². The fraction of sp³-hybridized carbons (Fsp3) is 0.333. The fourth-order valence-electron chi connectivity index (χ4n) is 7.51. The van der Waals surface area contributed by atoms with Gasteiger partial charge in [0.15, 0.2) is 28.9 Å². The third kappa shape index (κ3) is 6.80. The molecule has 1 amide bonds. The molecule has 0 aliphatic carbocycles. The Morgan fingerprint density at radius 3 is 1.56 bits per heavy atom. The second kappa shape index (κ2) is 15.7. The van der Waals surface area contributed by atoms with Crippen LogP contribution in [0.15, 0.2) is 54.6 Å². The van der Waals surface area contributed by atoms with Gasteiger partial charge in [0.1, 0.15) is 77.4 Å². The van der Waals surface area contributed by atoms with Gasteiger partial charge in [-0.1, -0.05) is 6.07 Å². The molecular weight excluding hydrogens is 833 g/mol. The van der Waals surface area contributed by atoms with Gasteiger partial charge in [-0.15, -0.1) is 0 Å². The predicted molar refractivity (Wildman–Crippen MR) is 188 cm³/mol. The van der Waals surface area contributed by atoms with Crippen LogP contribution in [-0.2, 0) is 19.8 Å². The molecule has 2 fully saturated rings. The number of rotatable bonds is 8. The Balaban J connectivity index is 1.18. The third-order valence-corrected chi connectivity index (χ3v) is 10.6. The monoisotopic (exact) mass is 865 g/mol. The Bertz CT molecular complexity index is 2300. The number of carbonyl (C=O) groups is 2. The molecule has 0 aromatic heterocycles. The molecule has 2 saturated heterocycles. The summed E-state index contributed by atoms with van der Waals surface area (Å²) in [7, 11) is 0. The van der Waals surface area contributed by atoms with Crippen molar-refractivity contribution in [2.24, 2.45) is 0 Å². The molecule has 17 nitrogen and oxygen atoms in total. The quantitative estimate of drug-likeness (QED) is 0.0507. The molecule has 0 bridgehead atoms. The van der Waals surface area contributed by atoms with Gasteiger partial charge in [0.05, 0.1) is 18.8 Å². The van der Waals surface area contributed by atoms with E-state index in [-0.39, 0.29) is 50.9 Å². The number of hydrogen-bond donors (Lipinski definition) is 9. The van der Waals surface area contributed by atoms with Crippen molar-refractivity contribution >= 4 is 17.6 Å². The number of nitrogens with one attached hydrogen (secondary N) is 1. The molecule has 0 radical (unpaired) electrons. The fourth-order valence-corrected chi connectivity index (χ4v) is 7.51. The van der Waals surface area contributed by atoms with Crippen LogP contribution >= 0.6 is 0 Å². The zero-order valence-electron chi connectivity index (χ0n) is 30.6. The molecule has 9 N–H and O–H groups in total. The van der Waals surface area contributed by atoms with E-state index < -0.39 is 127 Å². The molecule has 4 aliphatic heterocycles. The van der Waals surface area contributed by atoms with E-state index in [1.54, 1.807) is 0 Å². The summed E-state index contributed by atoms with van der Waals surface area (Å²) in [5.74, 6) is -15.1. The normalized spacial score (nSPS) is 30.1. The number of benzene rings is 4. The minimum absolute atomic E-state index is 0.0720. The summed E-state index contributed by atoms with van der Waals surface area (Å²) in [5, 5.41) is 83.4. The molecule has 324 valence electrons. The minimum Gasteiger partial charge on any atom is -0.462 e. The van der Waals surface area contributed by atoms with E-state index in [0.717, 1.165) is 12.1 Å². The van der Waals surface area contributed by atoms with Crippen LogP contribution in [0, 0.1) is 29.1 Å². The number of ether oxygens (including phenoxy) is 6. The van der Waals surface area contributed by atoms with Gasteiger partial charge in [0.25, 0.3) is 5.91 Å². The largest absolute Gasteiger partial charge is 0.462 e. The molecule has 0 saturated carbocycles. The van der Waals surface area contributed by atoms with Crippen LogP contribution in [0.3, 0.4) is 0 Å². The first-order chi connectivity index (χ1) is 29.0. The molecule has 10 unspecified atom stereocenters. The lowest BCUT2D eigenvalue weighted by molar-refractivity contribution is -0.277. The molecule has 8 rings (SSSR count). The number of amides is 1. The van der Waals surface area contributed by atoms with Gasteiger partial charge in [-0.3, -0.25) is 4.79 Å². The summed E-state index contributed by atoms with van der Waals surface area (Å²) in [4.78, 5) is 26.6. The van der Waals surface area contributed by atoms with Gasteiger partial charge in [-0.2, -0.15) is 0 Å². The highest BCUT2D eigenvalue weighted by molar-refractivity contribution is 6.06. The van der Waals surface area contributed by atoms with E-state index >= 15 is 0 Å². The van der Waals surface area contributed by atoms with Crippen LogP contribution in [0.5, 0.6) is 23.0 Å². The zero-order valence-corrected chi connectivity index (χ0v) is 30.6. The van der Waals surface area contributed by atoms with Gasteiger partial charge < -0.3 is 74.6 Å². The van der Waals surface area contributed by atoms with Crippen LogP contribution in [0.1, 0.15) is 37.4 Å². The summed E-state index contributed by atoms with van der Waals surface area (Å²) in [5.41, 5.74) is -3.99. The van der Waals surface area contributed by atoms with E-state index in [9.17, 15) is 72.4 Å². The number of aliphatic hydroxyl groups excluding tert-OH is 8. The lowest BCUT2D eigenvalue weighted by atomic mass is 9.77. The summed E-state index contributed by atoms with van der Waals surface area (Å²) in [6.07, 6.45) is -16.5. The van der Waals surface area contributed by atoms with Crippen LogP contribution in [-0.4, -0.2) is 127 Å². The van der Waals surface area contributed by atoms with Crippen molar-refractivity contribution in [1.29, 1.82) is 0 Å². The second-order valence-electron chi connectivity index (χ2n) is 14.3. The Labute approximate surface area is 338 Å². The molecule has 4 heterocycles. The first-order valence-electron chi connectivity index (χ1n) is 18.1. The van der Waals surface area contributed by atoms with Crippen LogP contribution in [0.2, 0.25) is 0 Å². The van der Waals surface area contributed by atoms with Gasteiger partial charge >= 0.3 is 5.97 Å². The van der Waals surface area contributed by atoms with E-state index in [4.69, 9.17) is 28.4 Å². The number of aliphatic hydroxyl groups is 8. The van der Waals surface area contributed by atoms with Crippen molar-refractivity contribution in [3.63, 3.8) is 0 Å². The number of anilines is 1. The molecule has 4 aromatic rings. The summed E-state index contributed by atoms with van der Waals surface area (Å²) in [6, 6.07) is 11.4. The zero-order chi connectivity index (χ0) is 43.8. The van der Waals surface area contributed by atoms with Gasteiger partial charge in [-0.05, 0) is 36.4 Å². The second-order valence-corrected chi connectivity index (χ2v) is 14.3. The molecule has 4 aliphatic rings. The van der Waals surface area contributed by atoms with Gasteiger partial charge in [0, 0.05) is 34.5 Å². The number of esters is 1. The van der Waals surface area contributed by atoms with Crippen molar-refractivity contribution in [2.75, 3.05) is 18.5 Å². The first-order valence-corrected chi connectivity index (χ1v) is 18.1. The number of halogens is 5. The standard InChI is InChI=1S/C39H32F5NO16/c40-24-23(25(41)27(43)28(44)26(24)42)35(54)45-12-1-4-16-15(7-12)36(55)61-39(16)17-5-2-13(56-37-33(52)31(50)29(48)21(10-46)59-37)8-19(17)58-20-9-14(3-6-18(20)39)57-38-34(53)32(51)30(49)22(11-47)60-38/h1-9,21-22,29-34,37-38,46-53H,10-11H2,(H,45,54). The first kappa shape index (κ1) is 42.2. The Morgan fingerprint density at radius 2 is 1.08 bits per heavy atom. The highest BCUT2D eigenvalue weighted by Gasteiger charge is 2.54. The maximum absolute atomic E-state index is 14.5. The average Bonchev–Trinajstić information content (AvgIpc) is 3.53. The molecule has 4 aromatic carbocycles. The van der Waals surface area contributed by atoms with Crippen LogP contribution in [0.25, 0.3) is 0 Å².